The zero-order chi connectivity index (χ0) is 17.1. The highest BCUT2D eigenvalue weighted by Crippen LogP contribution is 2.33. The Balaban J connectivity index is 2.50. The molecule has 0 fully saturated rings. The van der Waals surface area contributed by atoms with Crippen LogP contribution in [0.5, 0.6) is 5.75 Å². The number of anilines is 2. The fraction of sp³-hybridized carbons (Fsp3) is 0.308. The summed E-state index contributed by atoms with van der Waals surface area (Å²) in [4.78, 5) is 17.1. The second kappa shape index (κ2) is 6.75. The summed E-state index contributed by atoms with van der Waals surface area (Å²) in [7, 11) is 4.54. The molecule has 1 aromatic carbocycles. The average Bonchev–Trinajstić information content (AvgIpc) is 2.95. The molecule has 0 saturated carbocycles. The molecular weight excluding hydrogens is 322 g/mol. The summed E-state index contributed by atoms with van der Waals surface area (Å²) >= 11 is -2.70. The van der Waals surface area contributed by atoms with Gasteiger partial charge in [-0.05, 0) is 24.6 Å². The molecule has 10 heteroatoms. The average molecular weight is 338 g/mol. The zero-order valence-corrected chi connectivity index (χ0v) is 13.9. The largest absolute Gasteiger partial charge is 0.755 e. The van der Waals surface area contributed by atoms with Crippen molar-refractivity contribution in [2.45, 2.75) is 6.92 Å². The summed E-state index contributed by atoms with van der Waals surface area (Å²) in [6.45, 7) is 1.82. The van der Waals surface area contributed by atoms with E-state index >= 15 is 0 Å². The van der Waals surface area contributed by atoms with Gasteiger partial charge in [-0.15, -0.1) is 5.10 Å². The first kappa shape index (κ1) is 16.9. The van der Waals surface area contributed by atoms with Crippen molar-refractivity contribution in [3.05, 3.63) is 30.1 Å². The normalized spacial score (nSPS) is 11.9. The number of carbonyl (C=O) groups excluding carboxylic acids is 1. The summed E-state index contributed by atoms with van der Waals surface area (Å²) in [6, 6.07) is 4.61. The SMILES string of the molecule is COc1ccc(C)cc1N(c1ncn(C(=O)N(C)C)n1)S(=O)[O-]. The van der Waals surface area contributed by atoms with E-state index in [1.54, 1.807) is 32.3 Å². The lowest BCUT2D eigenvalue weighted by Gasteiger charge is -2.24. The first-order valence-corrected chi connectivity index (χ1v) is 7.55. The molecule has 2 rings (SSSR count). The van der Waals surface area contributed by atoms with E-state index in [0.29, 0.717) is 5.75 Å². The van der Waals surface area contributed by atoms with E-state index in [1.807, 2.05) is 6.92 Å². The van der Waals surface area contributed by atoms with Crippen LogP contribution < -0.4 is 9.04 Å². The molecule has 1 heterocycles. The van der Waals surface area contributed by atoms with Crippen molar-refractivity contribution in [3.8, 4) is 5.75 Å². The number of ether oxygens (including phenoxy) is 1. The molecule has 0 aliphatic carbocycles. The fourth-order valence-corrected chi connectivity index (χ4v) is 2.38. The minimum Gasteiger partial charge on any atom is -0.755 e. The molecule has 0 radical (unpaired) electrons. The molecule has 0 aliphatic rings. The topological polar surface area (TPSA) is 104 Å². The van der Waals surface area contributed by atoms with Crippen LogP contribution in [0.4, 0.5) is 16.4 Å². The third-order valence-corrected chi connectivity index (χ3v) is 3.60. The van der Waals surface area contributed by atoms with E-state index in [4.69, 9.17) is 4.74 Å². The highest BCUT2D eigenvalue weighted by molar-refractivity contribution is 7.81. The fourth-order valence-electron chi connectivity index (χ4n) is 1.86. The van der Waals surface area contributed by atoms with Crippen LogP contribution in [0.15, 0.2) is 24.5 Å². The molecule has 124 valence electrons. The summed E-state index contributed by atoms with van der Waals surface area (Å²) < 4.78 is 30.4. The van der Waals surface area contributed by atoms with Crippen molar-refractivity contribution >= 4 is 28.9 Å². The number of methoxy groups -OCH3 is 1. The Morgan fingerprint density at radius 2 is 2.09 bits per heavy atom. The van der Waals surface area contributed by atoms with Crippen molar-refractivity contribution in [3.63, 3.8) is 0 Å². The van der Waals surface area contributed by atoms with Gasteiger partial charge in [0.25, 0.3) is 5.95 Å². The Morgan fingerprint density at radius 1 is 1.39 bits per heavy atom. The number of aromatic nitrogens is 3. The van der Waals surface area contributed by atoms with Crippen molar-refractivity contribution < 1.29 is 18.3 Å². The second-order valence-corrected chi connectivity index (χ2v) is 5.65. The molecule has 23 heavy (non-hydrogen) atoms. The third kappa shape index (κ3) is 3.48. The summed E-state index contributed by atoms with van der Waals surface area (Å²) in [5, 5.41) is 3.93. The number of amides is 1. The van der Waals surface area contributed by atoms with Crippen LogP contribution in [-0.4, -0.2) is 55.7 Å². The highest BCUT2D eigenvalue weighted by atomic mass is 32.2. The Kier molecular flexibility index (Phi) is 4.96. The molecule has 0 saturated heterocycles. The van der Waals surface area contributed by atoms with E-state index in [0.717, 1.165) is 20.9 Å². The van der Waals surface area contributed by atoms with Crippen molar-refractivity contribution in [2.24, 2.45) is 0 Å². The first-order valence-electron chi connectivity index (χ1n) is 6.52. The maximum atomic E-state index is 11.9. The van der Waals surface area contributed by atoms with E-state index in [1.165, 1.54) is 12.0 Å². The maximum absolute atomic E-state index is 11.9. The van der Waals surface area contributed by atoms with Gasteiger partial charge < -0.3 is 14.2 Å². The molecule has 1 aromatic heterocycles. The highest BCUT2D eigenvalue weighted by Gasteiger charge is 2.21. The van der Waals surface area contributed by atoms with Gasteiger partial charge in [0, 0.05) is 14.1 Å². The second-order valence-electron chi connectivity index (χ2n) is 4.85. The Labute approximate surface area is 135 Å². The van der Waals surface area contributed by atoms with E-state index in [9.17, 15) is 13.6 Å². The molecule has 1 unspecified atom stereocenters. The number of aryl methyl sites for hydroxylation is 1. The van der Waals surface area contributed by atoms with Gasteiger partial charge in [-0.2, -0.15) is 9.67 Å². The van der Waals surface area contributed by atoms with Crippen LogP contribution in [0.3, 0.4) is 0 Å². The number of carbonyl (C=O) groups is 1. The Hall–Kier alpha value is -2.46. The number of hydrogen-bond donors (Lipinski definition) is 0. The minimum absolute atomic E-state index is 0.155. The monoisotopic (exact) mass is 338 g/mol. The van der Waals surface area contributed by atoms with Gasteiger partial charge in [-0.3, -0.25) is 4.21 Å². The summed E-state index contributed by atoms with van der Waals surface area (Å²) in [5.41, 5.74) is 1.09. The molecule has 9 nitrogen and oxygen atoms in total. The van der Waals surface area contributed by atoms with Gasteiger partial charge in [0.05, 0.1) is 24.1 Å². The molecular formula is C13H16N5O4S-. The van der Waals surface area contributed by atoms with Crippen LogP contribution in [0.1, 0.15) is 5.56 Å². The molecule has 0 aliphatic heterocycles. The Morgan fingerprint density at radius 3 is 2.65 bits per heavy atom. The molecule has 1 atom stereocenters. The summed E-state index contributed by atoms with van der Waals surface area (Å²) in [5.74, 6) is 0.188. The molecule has 0 N–H and O–H groups in total. The van der Waals surface area contributed by atoms with Crippen LogP contribution in [-0.2, 0) is 11.3 Å². The van der Waals surface area contributed by atoms with E-state index < -0.39 is 17.3 Å². The number of benzene rings is 1. The Bertz CT molecular complexity index is 746. The summed E-state index contributed by atoms with van der Waals surface area (Å²) in [6.07, 6.45) is 1.15. The van der Waals surface area contributed by atoms with Crippen molar-refractivity contribution in [2.75, 3.05) is 25.5 Å². The molecule has 1 amide bonds. The van der Waals surface area contributed by atoms with Gasteiger partial charge in [0.1, 0.15) is 12.1 Å². The first-order chi connectivity index (χ1) is 10.8. The van der Waals surface area contributed by atoms with Crippen LogP contribution in [0, 0.1) is 6.92 Å². The van der Waals surface area contributed by atoms with Crippen molar-refractivity contribution in [1.29, 1.82) is 0 Å². The van der Waals surface area contributed by atoms with Gasteiger partial charge in [0.2, 0.25) is 0 Å². The number of nitrogens with zero attached hydrogens (tertiary/aromatic N) is 5. The lowest BCUT2D eigenvalue weighted by Crippen LogP contribution is -2.28. The van der Waals surface area contributed by atoms with E-state index in [-0.39, 0.29) is 11.6 Å². The smallest absolute Gasteiger partial charge is 0.345 e. The van der Waals surface area contributed by atoms with Gasteiger partial charge in [-0.25, -0.2) is 9.10 Å². The van der Waals surface area contributed by atoms with Gasteiger partial charge in [0.15, 0.2) is 0 Å². The maximum Gasteiger partial charge on any atom is 0.345 e. The molecule has 0 spiro atoms. The number of hydrogen-bond acceptors (Lipinski definition) is 6. The standard InChI is InChI=1S/C13H17N5O4S/c1-9-5-6-11(22-4)10(7-9)18(23(20)21)12-14-8-17(15-12)13(19)16(2)3/h5-8H,1-4H3,(H,20,21)/p-1. The lowest BCUT2D eigenvalue weighted by molar-refractivity contribution is 0.216. The van der Waals surface area contributed by atoms with Crippen LogP contribution in [0.2, 0.25) is 0 Å². The van der Waals surface area contributed by atoms with Gasteiger partial charge >= 0.3 is 6.03 Å². The van der Waals surface area contributed by atoms with Crippen LogP contribution in [0.25, 0.3) is 0 Å². The lowest BCUT2D eigenvalue weighted by atomic mass is 10.2. The third-order valence-electron chi connectivity index (χ3n) is 2.94. The minimum atomic E-state index is -2.70. The quantitative estimate of drug-likeness (QED) is 0.772. The van der Waals surface area contributed by atoms with Crippen molar-refractivity contribution in [1.82, 2.24) is 19.7 Å². The molecule has 2 aromatic rings. The molecule has 0 bridgehead atoms. The van der Waals surface area contributed by atoms with Crippen LogP contribution >= 0.6 is 0 Å². The number of rotatable bonds is 4. The van der Waals surface area contributed by atoms with Gasteiger partial charge in [-0.1, -0.05) is 6.07 Å². The van der Waals surface area contributed by atoms with E-state index in [2.05, 4.69) is 10.1 Å². The predicted molar refractivity (Wildman–Crippen MR) is 83.3 cm³/mol. The zero-order valence-electron chi connectivity index (χ0n) is 13.1. The predicted octanol–water partition coefficient (Wildman–Crippen LogP) is 1.06.